The molecule has 2 aromatic rings. The fourth-order valence-electron chi connectivity index (χ4n) is 2.86. The van der Waals surface area contributed by atoms with Crippen LogP contribution >= 0.6 is 0 Å². The molecule has 1 N–H and O–H groups in total. The van der Waals surface area contributed by atoms with E-state index in [1.807, 2.05) is 38.1 Å². The highest BCUT2D eigenvalue weighted by Gasteiger charge is 2.26. The van der Waals surface area contributed by atoms with Gasteiger partial charge in [-0.15, -0.1) is 0 Å². The van der Waals surface area contributed by atoms with E-state index in [9.17, 15) is 9.59 Å². The minimum absolute atomic E-state index is 0.176. The zero-order valence-electron chi connectivity index (χ0n) is 18.9. The molecule has 2 rings (SSSR count). The summed E-state index contributed by atoms with van der Waals surface area (Å²) in [6.07, 6.45) is 0. The van der Waals surface area contributed by atoms with Crippen LogP contribution in [-0.2, 0) is 16.1 Å². The molecule has 0 aliphatic rings. The van der Waals surface area contributed by atoms with Gasteiger partial charge in [-0.3, -0.25) is 9.59 Å². The summed E-state index contributed by atoms with van der Waals surface area (Å²) < 4.78 is 16.0. The largest absolute Gasteiger partial charge is 0.497 e. The Morgan fingerprint density at radius 1 is 0.871 bits per heavy atom. The molecule has 7 nitrogen and oxygen atoms in total. The Kier molecular flexibility index (Phi) is 9.18. The van der Waals surface area contributed by atoms with E-state index in [-0.39, 0.29) is 25.0 Å². The quantitative estimate of drug-likeness (QED) is 0.594. The fourth-order valence-corrected chi connectivity index (χ4v) is 2.86. The zero-order chi connectivity index (χ0) is 22.8. The first-order valence-electron chi connectivity index (χ1n) is 10.3. The summed E-state index contributed by atoms with van der Waals surface area (Å²) in [6, 6.07) is 13.8. The van der Waals surface area contributed by atoms with Crippen molar-refractivity contribution in [3.05, 3.63) is 54.1 Å². The Hall–Kier alpha value is -3.22. The van der Waals surface area contributed by atoms with Crippen LogP contribution in [0.4, 0.5) is 0 Å². The monoisotopic (exact) mass is 428 g/mol. The lowest BCUT2D eigenvalue weighted by atomic mass is 10.1. The maximum Gasteiger partial charge on any atom is 0.261 e. The van der Waals surface area contributed by atoms with Gasteiger partial charge in [-0.1, -0.05) is 26.0 Å². The number of methoxy groups -OCH3 is 2. The normalized spacial score (nSPS) is 11.5. The Morgan fingerprint density at radius 3 is 1.90 bits per heavy atom. The molecule has 0 saturated carbocycles. The molecule has 7 heteroatoms. The number of ether oxygens (including phenoxy) is 3. The molecule has 0 heterocycles. The van der Waals surface area contributed by atoms with Gasteiger partial charge in [0, 0.05) is 13.1 Å². The fraction of sp³-hybridized carbons (Fsp3) is 0.417. The first-order chi connectivity index (χ1) is 14.8. The van der Waals surface area contributed by atoms with Crippen LogP contribution in [0.25, 0.3) is 0 Å². The molecular formula is C24H32N2O5. The van der Waals surface area contributed by atoms with Crippen LogP contribution in [0.5, 0.6) is 17.2 Å². The van der Waals surface area contributed by atoms with E-state index in [2.05, 4.69) is 5.32 Å². The molecule has 0 aliphatic carbocycles. The third-order valence-corrected chi connectivity index (χ3v) is 4.79. The van der Waals surface area contributed by atoms with Gasteiger partial charge in [0.25, 0.3) is 5.91 Å². The molecule has 0 spiro atoms. The van der Waals surface area contributed by atoms with Gasteiger partial charge in [-0.2, -0.15) is 0 Å². The number of carbonyl (C=O) groups is 2. The molecule has 0 radical (unpaired) electrons. The molecule has 0 unspecified atom stereocenters. The van der Waals surface area contributed by atoms with Crippen molar-refractivity contribution in [3.63, 3.8) is 0 Å². The summed E-state index contributed by atoms with van der Waals surface area (Å²) in [6.45, 7) is 6.43. The van der Waals surface area contributed by atoms with Crippen LogP contribution in [0.3, 0.4) is 0 Å². The van der Waals surface area contributed by atoms with Crippen LogP contribution in [0.2, 0.25) is 0 Å². The van der Waals surface area contributed by atoms with E-state index in [1.54, 1.807) is 45.4 Å². The Morgan fingerprint density at radius 2 is 1.39 bits per heavy atom. The summed E-state index contributed by atoms with van der Waals surface area (Å²) in [7, 11) is 3.19. The van der Waals surface area contributed by atoms with Gasteiger partial charge in [0.1, 0.15) is 23.3 Å². The van der Waals surface area contributed by atoms with Gasteiger partial charge in [0.05, 0.1) is 14.2 Å². The number of amides is 2. The maximum absolute atomic E-state index is 13.0. The number of benzene rings is 2. The number of rotatable bonds is 11. The minimum atomic E-state index is -0.646. The first-order valence-corrected chi connectivity index (χ1v) is 10.3. The SMILES string of the molecule is COc1ccc(CN(C(=O)COc2ccc(OC)cc2)[C@H](C)C(=O)NCC(C)C)cc1. The molecule has 0 aliphatic heterocycles. The molecule has 2 aromatic carbocycles. The van der Waals surface area contributed by atoms with E-state index >= 15 is 0 Å². The van der Waals surface area contributed by atoms with Crippen molar-refractivity contribution in [1.82, 2.24) is 10.2 Å². The van der Waals surface area contributed by atoms with E-state index in [1.165, 1.54) is 4.90 Å². The number of nitrogens with zero attached hydrogens (tertiary/aromatic N) is 1. The van der Waals surface area contributed by atoms with Crippen LogP contribution in [0.1, 0.15) is 26.3 Å². The molecular weight excluding hydrogens is 396 g/mol. The van der Waals surface area contributed by atoms with Gasteiger partial charge < -0.3 is 24.4 Å². The lowest BCUT2D eigenvalue weighted by Crippen LogP contribution is -2.49. The topological polar surface area (TPSA) is 77.1 Å². The first kappa shape index (κ1) is 24.1. The number of hydrogen-bond donors (Lipinski definition) is 1. The van der Waals surface area contributed by atoms with E-state index < -0.39 is 6.04 Å². The van der Waals surface area contributed by atoms with Gasteiger partial charge in [-0.25, -0.2) is 0 Å². The van der Waals surface area contributed by atoms with Crippen LogP contribution < -0.4 is 19.5 Å². The van der Waals surface area contributed by atoms with E-state index in [0.29, 0.717) is 24.0 Å². The van der Waals surface area contributed by atoms with Crippen LogP contribution in [0.15, 0.2) is 48.5 Å². The van der Waals surface area contributed by atoms with Gasteiger partial charge in [0.2, 0.25) is 5.91 Å². The highest BCUT2D eigenvalue weighted by atomic mass is 16.5. The average Bonchev–Trinajstić information content (AvgIpc) is 2.79. The molecule has 0 aromatic heterocycles. The highest BCUT2D eigenvalue weighted by molar-refractivity contribution is 5.87. The number of carbonyl (C=O) groups excluding carboxylic acids is 2. The van der Waals surface area contributed by atoms with Crippen molar-refractivity contribution >= 4 is 11.8 Å². The van der Waals surface area contributed by atoms with Crippen LogP contribution in [-0.4, -0.2) is 50.1 Å². The van der Waals surface area contributed by atoms with Crippen molar-refractivity contribution in [2.24, 2.45) is 5.92 Å². The van der Waals surface area contributed by atoms with Crippen molar-refractivity contribution in [2.45, 2.75) is 33.4 Å². The van der Waals surface area contributed by atoms with Crippen molar-refractivity contribution in [3.8, 4) is 17.2 Å². The number of nitrogens with one attached hydrogen (secondary N) is 1. The molecule has 0 fully saturated rings. The van der Waals surface area contributed by atoms with E-state index in [0.717, 1.165) is 11.3 Å². The second-order valence-corrected chi connectivity index (χ2v) is 7.65. The summed E-state index contributed by atoms with van der Waals surface area (Å²) in [4.78, 5) is 27.2. The van der Waals surface area contributed by atoms with Crippen LogP contribution in [0, 0.1) is 5.92 Å². The molecule has 31 heavy (non-hydrogen) atoms. The van der Waals surface area contributed by atoms with Gasteiger partial charge in [0.15, 0.2) is 6.61 Å². The summed E-state index contributed by atoms with van der Waals surface area (Å²) in [5, 5.41) is 2.90. The smallest absolute Gasteiger partial charge is 0.261 e. The number of hydrogen-bond acceptors (Lipinski definition) is 5. The van der Waals surface area contributed by atoms with Crippen molar-refractivity contribution in [2.75, 3.05) is 27.4 Å². The molecule has 1 atom stereocenters. The van der Waals surface area contributed by atoms with Crippen molar-refractivity contribution in [1.29, 1.82) is 0 Å². The zero-order valence-corrected chi connectivity index (χ0v) is 18.9. The molecule has 0 saturated heterocycles. The average molecular weight is 429 g/mol. The maximum atomic E-state index is 13.0. The van der Waals surface area contributed by atoms with Gasteiger partial charge in [-0.05, 0) is 54.8 Å². The molecule has 0 bridgehead atoms. The predicted octanol–water partition coefficient (Wildman–Crippen LogP) is 3.27. The third kappa shape index (κ3) is 7.51. The summed E-state index contributed by atoms with van der Waals surface area (Å²) >= 11 is 0. The third-order valence-electron chi connectivity index (χ3n) is 4.79. The minimum Gasteiger partial charge on any atom is -0.497 e. The molecule has 168 valence electrons. The lowest BCUT2D eigenvalue weighted by Gasteiger charge is -2.29. The second kappa shape index (κ2) is 11.8. The van der Waals surface area contributed by atoms with Gasteiger partial charge >= 0.3 is 0 Å². The Labute approximate surface area is 184 Å². The highest BCUT2D eigenvalue weighted by Crippen LogP contribution is 2.18. The second-order valence-electron chi connectivity index (χ2n) is 7.65. The van der Waals surface area contributed by atoms with Crippen molar-refractivity contribution < 1.29 is 23.8 Å². The Balaban J connectivity index is 2.11. The predicted molar refractivity (Wildman–Crippen MR) is 119 cm³/mol. The molecule has 2 amide bonds. The Bertz CT molecular complexity index is 834. The summed E-state index contributed by atoms with van der Waals surface area (Å²) in [5.41, 5.74) is 0.891. The standard InChI is InChI=1S/C24H32N2O5/c1-17(2)14-25-24(28)18(3)26(15-19-6-8-20(29-4)9-7-19)23(27)16-31-22-12-10-21(30-5)11-13-22/h6-13,17-18H,14-16H2,1-5H3,(H,25,28)/t18-/m1/s1. The lowest BCUT2D eigenvalue weighted by molar-refractivity contribution is -0.142. The van der Waals surface area contributed by atoms with E-state index in [4.69, 9.17) is 14.2 Å². The summed E-state index contributed by atoms with van der Waals surface area (Å²) in [5.74, 6) is 1.83.